The van der Waals surface area contributed by atoms with Gasteiger partial charge in [-0.05, 0) is 60.2 Å². The van der Waals surface area contributed by atoms with Crippen LogP contribution in [0.1, 0.15) is 21.7 Å². The molecular weight excluding hydrogens is 408 g/mol. The maximum Gasteiger partial charge on any atom is 0.335 e. The number of ether oxygens (including phenoxy) is 2. The van der Waals surface area contributed by atoms with E-state index in [-0.39, 0.29) is 11.1 Å². The zero-order valence-electron chi connectivity index (χ0n) is 17.5. The highest BCUT2D eigenvalue weighted by Crippen LogP contribution is 2.28. The number of aromatic carboxylic acids is 1. The Morgan fingerprint density at radius 3 is 2.34 bits per heavy atom. The Bertz CT molecular complexity index is 1390. The zero-order valence-corrected chi connectivity index (χ0v) is 17.5. The summed E-state index contributed by atoms with van der Waals surface area (Å²) < 4.78 is 12.1. The van der Waals surface area contributed by atoms with E-state index in [2.05, 4.69) is 4.98 Å². The molecule has 0 saturated heterocycles. The van der Waals surface area contributed by atoms with Gasteiger partial charge in [-0.1, -0.05) is 24.3 Å². The lowest BCUT2D eigenvalue weighted by Crippen LogP contribution is -2.22. The fourth-order valence-corrected chi connectivity index (χ4v) is 3.39. The van der Waals surface area contributed by atoms with Crippen LogP contribution < -0.4 is 15.0 Å². The van der Waals surface area contributed by atoms with Crippen molar-refractivity contribution in [3.8, 4) is 17.2 Å². The molecule has 0 aliphatic heterocycles. The summed E-state index contributed by atoms with van der Waals surface area (Å²) in [5.41, 5.74) is 1.81. The molecule has 160 valence electrons. The number of hydrogen-bond acceptors (Lipinski definition) is 5. The minimum Gasteiger partial charge on any atom is -0.493 e. The Kier molecular flexibility index (Phi) is 5.72. The molecule has 32 heavy (non-hydrogen) atoms. The molecule has 0 amide bonds. The predicted octanol–water partition coefficient (Wildman–Crippen LogP) is 4.27. The van der Waals surface area contributed by atoms with Crippen molar-refractivity contribution >= 4 is 29.0 Å². The molecule has 7 nitrogen and oxygen atoms in total. The van der Waals surface area contributed by atoms with Gasteiger partial charge in [0.05, 0.1) is 36.4 Å². The van der Waals surface area contributed by atoms with Gasteiger partial charge in [-0.3, -0.25) is 9.36 Å². The minimum absolute atomic E-state index is 0.137. The van der Waals surface area contributed by atoms with Crippen LogP contribution in [0.5, 0.6) is 11.5 Å². The molecule has 0 aliphatic carbocycles. The third-order valence-electron chi connectivity index (χ3n) is 5.01. The number of nitrogens with zero attached hydrogens (tertiary/aromatic N) is 2. The van der Waals surface area contributed by atoms with E-state index in [9.17, 15) is 14.7 Å². The van der Waals surface area contributed by atoms with Crippen molar-refractivity contribution in [3.05, 3.63) is 94.0 Å². The van der Waals surface area contributed by atoms with Crippen molar-refractivity contribution in [2.75, 3.05) is 14.2 Å². The maximum absolute atomic E-state index is 13.3. The van der Waals surface area contributed by atoms with E-state index in [1.54, 1.807) is 56.7 Å². The molecule has 1 aromatic heterocycles. The molecule has 0 bridgehead atoms. The summed E-state index contributed by atoms with van der Waals surface area (Å²) >= 11 is 0. The van der Waals surface area contributed by atoms with Gasteiger partial charge in [0.15, 0.2) is 11.5 Å². The summed E-state index contributed by atoms with van der Waals surface area (Å²) in [6, 6.07) is 18.7. The van der Waals surface area contributed by atoms with E-state index in [4.69, 9.17) is 9.47 Å². The number of rotatable bonds is 6. The number of fused-ring (bicyclic) bond motifs is 1. The predicted molar refractivity (Wildman–Crippen MR) is 123 cm³/mol. The van der Waals surface area contributed by atoms with Gasteiger partial charge in [0.25, 0.3) is 5.56 Å². The van der Waals surface area contributed by atoms with E-state index in [1.165, 1.54) is 16.7 Å². The van der Waals surface area contributed by atoms with Gasteiger partial charge in [-0.25, -0.2) is 9.78 Å². The Hall–Kier alpha value is -4.39. The monoisotopic (exact) mass is 428 g/mol. The Labute approximate surface area is 183 Å². The summed E-state index contributed by atoms with van der Waals surface area (Å²) in [4.78, 5) is 29.2. The molecule has 0 fully saturated rings. The number of carboxylic acid groups (broad SMARTS) is 1. The van der Waals surface area contributed by atoms with Gasteiger partial charge in [-0.2, -0.15) is 0 Å². The first-order valence-corrected chi connectivity index (χ1v) is 9.77. The Morgan fingerprint density at radius 2 is 1.66 bits per heavy atom. The van der Waals surface area contributed by atoms with Crippen LogP contribution in [0.2, 0.25) is 0 Å². The highest BCUT2D eigenvalue weighted by molar-refractivity contribution is 5.88. The topological polar surface area (TPSA) is 90.7 Å². The summed E-state index contributed by atoms with van der Waals surface area (Å²) in [6.45, 7) is 0. The second-order valence-electron chi connectivity index (χ2n) is 6.93. The number of benzene rings is 3. The average Bonchev–Trinajstić information content (AvgIpc) is 2.82. The Morgan fingerprint density at radius 1 is 0.938 bits per heavy atom. The summed E-state index contributed by atoms with van der Waals surface area (Å²) in [7, 11) is 3.13. The molecule has 0 radical (unpaired) electrons. The number of para-hydroxylation sites is 1. The largest absolute Gasteiger partial charge is 0.493 e. The molecule has 1 N–H and O–H groups in total. The molecule has 4 aromatic rings. The molecule has 0 saturated carbocycles. The lowest BCUT2D eigenvalue weighted by Gasteiger charge is -2.12. The normalized spacial score (nSPS) is 11.1. The fraction of sp³-hybridized carbons (Fsp3) is 0.0800. The van der Waals surface area contributed by atoms with Crippen LogP contribution in [-0.2, 0) is 0 Å². The number of methoxy groups -OCH3 is 2. The van der Waals surface area contributed by atoms with Crippen LogP contribution in [-0.4, -0.2) is 34.8 Å². The van der Waals surface area contributed by atoms with Crippen LogP contribution in [0, 0.1) is 0 Å². The third kappa shape index (κ3) is 3.96. The maximum atomic E-state index is 13.3. The zero-order chi connectivity index (χ0) is 22.7. The molecule has 3 aromatic carbocycles. The fourth-order valence-electron chi connectivity index (χ4n) is 3.39. The van der Waals surface area contributed by atoms with E-state index < -0.39 is 5.97 Å². The van der Waals surface area contributed by atoms with Crippen LogP contribution in [0.4, 0.5) is 0 Å². The van der Waals surface area contributed by atoms with Crippen molar-refractivity contribution in [2.45, 2.75) is 0 Å². The smallest absolute Gasteiger partial charge is 0.335 e. The van der Waals surface area contributed by atoms with Gasteiger partial charge < -0.3 is 14.6 Å². The third-order valence-corrected chi connectivity index (χ3v) is 5.01. The quantitative estimate of drug-likeness (QED) is 0.493. The standard InChI is InChI=1S/C25H20N2O5/c1-31-21-13-7-16(15-22(21)32-2)8-14-23-26-20-6-4-3-5-19(20)24(28)27(23)18-11-9-17(10-12-18)25(29)30/h3-15H,1-2H3,(H,29,30)/b14-8+. The second-order valence-corrected chi connectivity index (χ2v) is 6.93. The van der Waals surface area contributed by atoms with Crippen LogP contribution in [0.25, 0.3) is 28.7 Å². The van der Waals surface area contributed by atoms with E-state index in [1.807, 2.05) is 24.3 Å². The van der Waals surface area contributed by atoms with Gasteiger partial charge in [0.1, 0.15) is 5.82 Å². The van der Waals surface area contributed by atoms with Crippen molar-refractivity contribution in [1.29, 1.82) is 0 Å². The van der Waals surface area contributed by atoms with Gasteiger partial charge in [-0.15, -0.1) is 0 Å². The minimum atomic E-state index is -1.03. The van der Waals surface area contributed by atoms with Crippen LogP contribution in [0.3, 0.4) is 0 Å². The lowest BCUT2D eigenvalue weighted by atomic mass is 10.1. The van der Waals surface area contributed by atoms with E-state index >= 15 is 0 Å². The van der Waals surface area contributed by atoms with Gasteiger partial charge in [0, 0.05) is 0 Å². The van der Waals surface area contributed by atoms with Crippen molar-refractivity contribution < 1.29 is 19.4 Å². The second kappa shape index (κ2) is 8.77. The molecular formula is C25H20N2O5. The molecule has 0 atom stereocenters. The van der Waals surface area contributed by atoms with Crippen LogP contribution in [0.15, 0.2) is 71.5 Å². The first kappa shape index (κ1) is 20.9. The SMILES string of the molecule is COc1ccc(/C=C/c2nc3ccccc3c(=O)n2-c2ccc(C(=O)O)cc2)cc1OC. The average molecular weight is 428 g/mol. The van der Waals surface area contributed by atoms with Crippen LogP contribution >= 0.6 is 0 Å². The lowest BCUT2D eigenvalue weighted by molar-refractivity contribution is 0.0697. The molecule has 0 spiro atoms. The molecule has 4 rings (SSSR count). The van der Waals surface area contributed by atoms with Crippen molar-refractivity contribution in [1.82, 2.24) is 9.55 Å². The Balaban J connectivity index is 1.86. The van der Waals surface area contributed by atoms with E-state index in [0.717, 1.165) is 5.56 Å². The highest BCUT2D eigenvalue weighted by atomic mass is 16.5. The first-order chi connectivity index (χ1) is 15.5. The summed E-state index contributed by atoms with van der Waals surface area (Å²) in [5, 5.41) is 9.65. The summed E-state index contributed by atoms with van der Waals surface area (Å²) in [5.74, 6) is 0.576. The molecule has 7 heteroatoms. The summed E-state index contributed by atoms with van der Waals surface area (Å²) in [6.07, 6.45) is 3.56. The molecule has 0 unspecified atom stereocenters. The van der Waals surface area contributed by atoms with E-state index in [0.29, 0.717) is 33.9 Å². The highest BCUT2D eigenvalue weighted by Gasteiger charge is 2.12. The van der Waals surface area contributed by atoms with Crippen molar-refractivity contribution in [3.63, 3.8) is 0 Å². The number of carboxylic acids is 1. The first-order valence-electron chi connectivity index (χ1n) is 9.77. The number of carbonyl (C=O) groups is 1. The van der Waals surface area contributed by atoms with Gasteiger partial charge in [0.2, 0.25) is 0 Å². The van der Waals surface area contributed by atoms with Gasteiger partial charge >= 0.3 is 5.97 Å². The molecule has 1 heterocycles. The number of hydrogen-bond donors (Lipinski definition) is 1. The van der Waals surface area contributed by atoms with Crippen molar-refractivity contribution in [2.24, 2.45) is 0 Å². The molecule has 0 aliphatic rings. The number of aromatic nitrogens is 2.